The van der Waals surface area contributed by atoms with Crippen LogP contribution >= 0.6 is 0 Å². The van der Waals surface area contributed by atoms with Crippen molar-refractivity contribution in [2.45, 2.75) is 39.3 Å². The van der Waals surface area contributed by atoms with Gasteiger partial charge in [0.1, 0.15) is 11.8 Å². The van der Waals surface area contributed by atoms with Crippen molar-refractivity contribution in [1.82, 2.24) is 9.88 Å². The summed E-state index contributed by atoms with van der Waals surface area (Å²) >= 11 is 0. The second-order valence-corrected chi connectivity index (χ2v) is 4.55. The van der Waals surface area contributed by atoms with E-state index in [1.807, 2.05) is 23.9 Å². The van der Waals surface area contributed by atoms with Crippen LogP contribution in [-0.2, 0) is 13.6 Å². The van der Waals surface area contributed by atoms with Gasteiger partial charge < -0.3 is 9.88 Å². The normalized spacial score (nSPS) is 11.4. The number of nitrogens with one attached hydrogen (secondary N) is 1. The number of aryl methyl sites for hydroxylation is 1. The molecule has 0 saturated heterocycles. The topological polar surface area (TPSA) is 40.8 Å². The Balaban J connectivity index is 2.63. The molecule has 1 heterocycles. The number of hydrogen-bond donors (Lipinski definition) is 1. The molecular formula is C12H19N3. The monoisotopic (exact) mass is 205 g/mol. The Morgan fingerprint density at radius 1 is 1.53 bits per heavy atom. The Labute approximate surface area is 91.7 Å². The van der Waals surface area contributed by atoms with E-state index in [-0.39, 0.29) is 5.54 Å². The summed E-state index contributed by atoms with van der Waals surface area (Å²) in [5.74, 6) is 0. The molecule has 0 atom stereocenters. The summed E-state index contributed by atoms with van der Waals surface area (Å²) in [6.45, 7) is 7.34. The number of nitriles is 1. The summed E-state index contributed by atoms with van der Waals surface area (Å²) < 4.78 is 1.86. The molecule has 0 bridgehead atoms. The predicted molar refractivity (Wildman–Crippen MR) is 61.3 cm³/mol. The molecule has 0 fully saturated rings. The molecule has 0 amide bonds. The summed E-state index contributed by atoms with van der Waals surface area (Å²) in [4.78, 5) is 0. The highest BCUT2D eigenvalue weighted by molar-refractivity contribution is 5.28. The summed E-state index contributed by atoms with van der Waals surface area (Å²) in [6.07, 6.45) is 3.09. The van der Waals surface area contributed by atoms with Crippen LogP contribution < -0.4 is 5.32 Å². The third-order valence-corrected chi connectivity index (χ3v) is 2.83. The lowest BCUT2D eigenvalue weighted by Crippen LogP contribution is -2.37. The minimum absolute atomic E-state index is 0.155. The van der Waals surface area contributed by atoms with E-state index in [1.165, 1.54) is 0 Å². The van der Waals surface area contributed by atoms with E-state index >= 15 is 0 Å². The number of rotatable bonds is 4. The second-order valence-electron chi connectivity index (χ2n) is 4.55. The Morgan fingerprint density at radius 2 is 2.20 bits per heavy atom. The van der Waals surface area contributed by atoms with Gasteiger partial charge in [0.05, 0.1) is 0 Å². The molecule has 1 aromatic rings. The fourth-order valence-corrected chi connectivity index (χ4v) is 1.31. The molecule has 0 unspecified atom stereocenters. The Bertz CT molecular complexity index is 369. The molecule has 0 aliphatic heterocycles. The Kier molecular flexibility index (Phi) is 3.54. The van der Waals surface area contributed by atoms with E-state index in [2.05, 4.69) is 32.2 Å². The zero-order chi connectivity index (χ0) is 11.5. The third kappa shape index (κ3) is 3.10. The minimum atomic E-state index is 0.155. The summed E-state index contributed by atoms with van der Waals surface area (Å²) in [5, 5.41) is 12.3. The highest BCUT2D eigenvalue weighted by atomic mass is 15.0. The molecule has 1 rings (SSSR count). The SMILES string of the molecule is CCC(C)(C)NCc1cc(C#N)n(C)c1. The maximum Gasteiger partial charge on any atom is 0.120 e. The molecule has 1 N–H and O–H groups in total. The van der Waals surface area contributed by atoms with Gasteiger partial charge in [-0.25, -0.2) is 0 Å². The van der Waals surface area contributed by atoms with Crippen LogP contribution in [0.1, 0.15) is 38.4 Å². The van der Waals surface area contributed by atoms with Gasteiger partial charge in [-0.2, -0.15) is 5.26 Å². The largest absolute Gasteiger partial charge is 0.342 e. The fraction of sp³-hybridized carbons (Fsp3) is 0.583. The number of nitrogens with zero attached hydrogens (tertiary/aromatic N) is 2. The first-order valence-electron chi connectivity index (χ1n) is 5.29. The maximum absolute atomic E-state index is 8.81. The van der Waals surface area contributed by atoms with Crippen LogP contribution in [0.5, 0.6) is 0 Å². The van der Waals surface area contributed by atoms with Gasteiger partial charge in [-0.1, -0.05) is 6.92 Å². The highest BCUT2D eigenvalue weighted by Gasteiger charge is 2.13. The van der Waals surface area contributed by atoms with Gasteiger partial charge >= 0.3 is 0 Å². The van der Waals surface area contributed by atoms with Crippen molar-refractivity contribution in [2.24, 2.45) is 7.05 Å². The van der Waals surface area contributed by atoms with Crippen LogP contribution in [0.15, 0.2) is 12.3 Å². The van der Waals surface area contributed by atoms with Gasteiger partial charge in [-0.3, -0.25) is 0 Å². The molecule has 1 aromatic heterocycles. The molecular weight excluding hydrogens is 186 g/mol. The maximum atomic E-state index is 8.81. The van der Waals surface area contributed by atoms with Crippen molar-refractivity contribution in [2.75, 3.05) is 0 Å². The molecule has 15 heavy (non-hydrogen) atoms. The smallest absolute Gasteiger partial charge is 0.120 e. The van der Waals surface area contributed by atoms with Crippen molar-refractivity contribution < 1.29 is 0 Å². The lowest BCUT2D eigenvalue weighted by atomic mass is 10.0. The lowest BCUT2D eigenvalue weighted by molar-refractivity contribution is 0.374. The van der Waals surface area contributed by atoms with E-state index in [0.29, 0.717) is 5.69 Å². The quantitative estimate of drug-likeness (QED) is 0.818. The zero-order valence-electron chi connectivity index (χ0n) is 9.96. The zero-order valence-corrected chi connectivity index (χ0v) is 9.96. The van der Waals surface area contributed by atoms with Crippen LogP contribution in [0.25, 0.3) is 0 Å². The average molecular weight is 205 g/mol. The van der Waals surface area contributed by atoms with Crippen molar-refractivity contribution in [3.63, 3.8) is 0 Å². The van der Waals surface area contributed by atoms with Gasteiger partial charge in [0.15, 0.2) is 0 Å². The van der Waals surface area contributed by atoms with Crippen LogP contribution in [0.3, 0.4) is 0 Å². The van der Waals surface area contributed by atoms with Gasteiger partial charge in [-0.15, -0.1) is 0 Å². The molecule has 0 aliphatic carbocycles. The molecule has 0 saturated carbocycles. The standard InChI is InChI=1S/C12H19N3/c1-5-12(2,3)14-8-10-6-11(7-13)15(4)9-10/h6,9,14H,5,8H2,1-4H3. The van der Waals surface area contributed by atoms with E-state index in [9.17, 15) is 0 Å². The van der Waals surface area contributed by atoms with Gasteiger partial charge in [0.25, 0.3) is 0 Å². The Morgan fingerprint density at radius 3 is 2.67 bits per heavy atom. The first kappa shape index (κ1) is 11.8. The van der Waals surface area contributed by atoms with Crippen molar-refractivity contribution in [3.8, 4) is 6.07 Å². The molecule has 3 nitrogen and oxygen atoms in total. The fourth-order valence-electron chi connectivity index (χ4n) is 1.31. The van der Waals surface area contributed by atoms with Gasteiger partial charge in [-0.05, 0) is 31.9 Å². The summed E-state index contributed by atoms with van der Waals surface area (Å²) in [7, 11) is 1.90. The molecule has 3 heteroatoms. The highest BCUT2D eigenvalue weighted by Crippen LogP contribution is 2.11. The van der Waals surface area contributed by atoms with Crippen LogP contribution in [0, 0.1) is 11.3 Å². The average Bonchev–Trinajstić information content (AvgIpc) is 2.56. The summed E-state index contributed by atoms with van der Waals surface area (Å²) in [5.41, 5.74) is 2.03. The van der Waals surface area contributed by atoms with Crippen molar-refractivity contribution >= 4 is 0 Å². The molecule has 0 aliphatic rings. The van der Waals surface area contributed by atoms with Gasteiger partial charge in [0.2, 0.25) is 0 Å². The lowest BCUT2D eigenvalue weighted by Gasteiger charge is -2.24. The van der Waals surface area contributed by atoms with E-state index in [4.69, 9.17) is 5.26 Å². The van der Waals surface area contributed by atoms with Crippen molar-refractivity contribution in [1.29, 1.82) is 5.26 Å². The number of aromatic nitrogens is 1. The Hall–Kier alpha value is -1.27. The molecule has 82 valence electrons. The predicted octanol–water partition coefficient (Wildman–Crippen LogP) is 2.17. The number of hydrogen-bond acceptors (Lipinski definition) is 2. The summed E-state index contributed by atoms with van der Waals surface area (Å²) in [6, 6.07) is 4.09. The second kappa shape index (κ2) is 4.50. The van der Waals surface area contributed by atoms with E-state index in [0.717, 1.165) is 18.5 Å². The molecule has 0 radical (unpaired) electrons. The van der Waals surface area contributed by atoms with Crippen LogP contribution in [-0.4, -0.2) is 10.1 Å². The minimum Gasteiger partial charge on any atom is -0.342 e. The molecule has 0 aromatic carbocycles. The first-order valence-corrected chi connectivity index (χ1v) is 5.29. The van der Waals surface area contributed by atoms with E-state index in [1.54, 1.807) is 0 Å². The van der Waals surface area contributed by atoms with E-state index < -0.39 is 0 Å². The molecule has 0 spiro atoms. The van der Waals surface area contributed by atoms with Crippen LogP contribution in [0.2, 0.25) is 0 Å². The first-order chi connectivity index (χ1) is 6.98. The van der Waals surface area contributed by atoms with Gasteiger partial charge in [0, 0.05) is 25.3 Å². The van der Waals surface area contributed by atoms with Crippen molar-refractivity contribution in [3.05, 3.63) is 23.5 Å². The third-order valence-electron chi connectivity index (χ3n) is 2.83. The van der Waals surface area contributed by atoms with Crippen LogP contribution in [0.4, 0.5) is 0 Å².